The lowest BCUT2D eigenvalue weighted by atomic mass is 9.78. The molecule has 0 unspecified atom stereocenters. The number of esters is 1. The monoisotopic (exact) mass is 851 g/mol. The Labute approximate surface area is 344 Å². The number of piperazine rings is 1. The second-order valence-corrected chi connectivity index (χ2v) is 15.8. The predicted molar refractivity (Wildman–Crippen MR) is 217 cm³/mol. The summed E-state index contributed by atoms with van der Waals surface area (Å²) in [7, 11) is -4.96. The summed E-state index contributed by atoms with van der Waals surface area (Å²) in [5.74, 6) is -1.57. The Balaban J connectivity index is 1.48. The zero-order valence-corrected chi connectivity index (χ0v) is 34.7. The number of nitrogens with one attached hydrogen (secondary N) is 1. The number of carbonyl (C=O) groups is 3. The Morgan fingerprint density at radius 2 is 1.80 bits per heavy atom. The van der Waals surface area contributed by atoms with Crippen LogP contribution in [-0.4, -0.2) is 97.8 Å². The van der Waals surface area contributed by atoms with Crippen molar-refractivity contribution in [3.8, 4) is 5.75 Å². The molecule has 4 aromatic rings. The highest BCUT2D eigenvalue weighted by molar-refractivity contribution is 7.46. The van der Waals surface area contributed by atoms with Crippen LogP contribution in [0.2, 0.25) is 5.02 Å². The quantitative estimate of drug-likeness (QED) is 0.0528. The number of nitrogens with zero attached hydrogens (tertiary/aromatic N) is 9. The van der Waals surface area contributed by atoms with Gasteiger partial charge in [-0.3, -0.25) is 24.3 Å². The van der Waals surface area contributed by atoms with E-state index in [0.717, 1.165) is 4.90 Å². The maximum Gasteiger partial charge on any atom is 0.524 e. The molecule has 1 fully saturated rings. The number of anilines is 4. The number of amides is 2. The summed E-state index contributed by atoms with van der Waals surface area (Å²) in [4.78, 5) is 79.0. The molecule has 5 N–H and O–H groups in total. The first-order valence-electron chi connectivity index (χ1n) is 18.1. The van der Waals surface area contributed by atoms with Crippen molar-refractivity contribution in [2.75, 3.05) is 54.6 Å². The van der Waals surface area contributed by atoms with Crippen LogP contribution in [0, 0.1) is 27.0 Å². The second kappa shape index (κ2) is 17.9. The summed E-state index contributed by atoms with van der Waals surface area (Å²) in [5, 5.41) is 7.50. The normalized spacial score (nSPS) is 13.9. The summed E-state index contributed by atoms with van der Waals surface area (Å²) in [6.45, 7) is 27.0. The van der Waals surface area contributed by atoms with Gasteiger partial charge in [-0.25, -0.2) is 24.1 Å². The van der Waals surface area contributed by atoms with Crippen LogP contribution in [0.15, 0.2) is 30.5 Å². The Morgan fingerprint density at radius 1 is 1.10 bits per heavy atom. The number of phosphoric ester groups is 1. The van der Waals surface area contributed by atoms with Gasteiger partial charge in [0.05, 0.1) is 35.9 Å². The maximum atomic E-state index is 14.2. The Kier molecular flexibility index (Phi) is 13.3. The summed E-state index contributed by atoms with van der Waals surface area (Å²) in [6, 6.07) is 5.63. The lowest BCUT2D eigenvalue weighted by Gasteiger charge is -2.39. The van der Waals surface area contributed by atoms with E-state index in [0.29, 0.717) is 55.1 Å². The minimum Gasteiger partial charge on any atom is -0.428 e. The number of primary amides is 1. The first-order valence-corrected chi connectivity index (χ1v) is 20.0. The fourth-order valence-electron chi connectivity index (χ4n) is 6.88. The van der Waals surface area contributed by atoms with Crippen LogP contribution in [0.3, 0.4) is 0 Å². The van der Waals surface area contributed by atoms with Crippen LogP contribution in [0.25, 0.3) is 15.3 Å². The van der Waals surface area contributed by atoms with Gasteiger partial charge in [0.15, 0.2) is 11.5 Å². The minimum absolute atomic E-state index is 0.00409. The third kappa shape index (κ3) is 9.99. The number of fused-ring (bicyclic) bond motifs is 1. The van der Waals surface area contributed by atoms with E-state index in [4.69, 9.17) is 44.5 Å². The number of hydrogen-bond donors (Lipinski definition) is 4. The van der Waals surface area contributed by atoms with Gasteiger partial charge < -0.3 is 34.8 Å². The summed E-state index contributed by atoms with van der Waals surface area (Å²) >= 11 is 7.09. The largest absolute Gasteiger partial charge is 0.524 e. The van der Waals surface area contributed by atoms with Crippen molar-refractivity contribution in [1.82, 2.24) is 24.5 Å². The third-order valence-electron chi connectivity index (χ3n) is 9.50. The van der Waals surface area contributed by atoms with E-state index in [1.165, 1.54) is 22.8 Å². The Hall–Kier alpha value is -6.02. The summed E-state index contributed by atoms with van der Waals surface area (Å²) in [6.07, 6.45) is -0.214. The van der Waals surface area contributed by atoms with Crippen molar-refractivity contribution in [3.05, 3.63) is 75.0 Å². The number of aryl methyl sites for hydroxylation is 2. The molecule has 312 valence electrons. The lowest BCUT2D eigenvalue weighted by molar-refractivity contribution is -0.153. The van der Waals surface area contributed by atoms with Gasteiger partial charge >= 0.3 is 19.9 Å². The Bertz CT molecular complexity index is 2420. The van der Waals surface area contributed by atoms with Crippen LogP contribution < -0.4 is 25.4 Å². The number of halogens is 1. The maximum absolute atomic E-state index is 14.2. The van der Waals surface area contributed by atoms with Crippen molar-refractivity contribution in [1.29, 1.82) is 0 Å². The molecule has 20 nitrogen and oxygen atoms in total. The number of benzene rings is 2. The second-order valence-electron chi connectivity index (χ2n) is 14.2. The molecule has 1 aliphatic heterocycles. The van der Waals surface area contributed by atoms with E-state index in [9.17, 15) is 28.7 Å². The molecule has 3 heterocycles. The highest BCUT2D eigenvalue weighted by Crippen LogP contribution is 2.46. The van der Waals surface area contributed by atoms with Gasteiger partial charge in [0.2, 0.25) is 12.7 Å². The van der Waals surface area contributed by atoms with Gasteiger partial charge in [0.1, 0.15) is 5.75 Å². The lowest BCUT2D eigenvalue weighted by Crippen LogP contribution is -2.53. The molecule has 0 radical (unpaired) electrons. The van der Waals surface area contributed by atoms with Gasteiger partial charge in [-0.15, -0.1) is 4.52 Å². The van der Waals surface area contributed by atoms with Gasteiger partial charge in [-0.1, -0.05) is 43.2 Å². The molecule has 2 amide bonds. The molecule has 1 aliphatic rings. The van der Waals surface area contributed by atoms with Crippen LogP contribution in [0.1, 0.15) is 50.8 Å². The van der Waals surface area contributed by atoms with Crippen molar-refractivity contribution in [3.63, 3.8) is 0 Å². The number of hydrogen-bond acceptors (Lipinski definition) is 13. The van der Waals surface area contributed by atoms with E-state index < -0.39 is 44.0 Å². The SMILES string of the molecule is [C-]#[N+]c1cc(N2CCN([C@@H](C)C(N)=O)CC2)c(Cl)c(N(C(=O)OCOC(=O)CC(C)(C)c2c(C)cc(C)cc2OP(=O)(O)O)c2nc(NCC)c3ncc([N+]#[C-])n3n2)c1. The van der Waals surface area contributed by atoms with Crippen LogP contribution in [0.4, 0.5) is 39.4 Å². The Morgan fingerprint density at radius 3 is 2.41 bits per heavy atom. The van der Waals surface area contributed by atoms with E-state index in [2.05, 4.69) is 30.1 Å². The van der Waals surface area contributed by atoms with E-state index in [-0.39, 0.29) is 51.8 Å². The number of aromatic nitrogens is 4. The molecule has 2 aromatic carbocycles. The molecule has 0 aliphatic carbocycles. The average Bonchev–Trinajstić information content (AvgIpc) is 3.57. The fraction of sp³-hybridized carbons (Fsp3) is 0.405. The number of nitrogens with two attached hydrogens (primary N) is 1. The van der Waals surface area contributed by atoms with Crippen molar-refractivity contribution < 1.29 is 42.7 Å². The first-order chi connectivity index (χ1) is 27.8. The topological polar surface area (TPSA) is 236 Å². The molecule has 0 bridgehead atoms. The number of phosphoric acid groups is 1. The molecule has 2 aromatic heterocycles. The molecule has 5 rings (SSSR count). The minimum atomic E-state index is -4.96. The first kappa shape index (κ1) is 44.1. The van der Waals surface area contributed by atoms with Crippen molar-refractivity contribution in [2.45, 2.75) is 59.4 Å². The van der Waals surface area contributed by atoms with Crippen LogP contribution in [0.5, 0.6) is 5.75 Å². The van der Waals surface area contributed by atoms with Crippen molar-refractivity contribution in [2.24, 2.45) is 5.73 Å². The molecule has 1 atom stereocenters. The predicted octanol–water partition coefficient (Wildman–Crippen LogP) is 5.54. The van der Waals surface area contributed by atoms with E-state index >= 15 is 0 Å². The van der Waals surface area contributed by atoms with E-state index in [1.54, 1.807) is 53.7 Å². The molecular formula is C37H43ClN11O9P. The summed E-state index contributed by atoms with van der Waals surface area (Å²) in [5.41, 5.74) is 6.69. The van der Waals surface area contributed by atoms with Crippen LogP contribution in [-0.2, 0) is 29.0 Å². The molecule has 1 saturated heterocycles. The highest BCUT2D eigenvalue weighted by atomic mass is 35.5. The van der Waals surface area contributed by atoms with Crippen molar-refractivity contribution >= 4 is 77.7 Å². The number of carbonyl (C=O) groups excluding carboxylic acids is 3. The summed E-state index contributed by atoms with van der Waals surface area (Å²) < 4.78 is 28.8. The number of rotatable bonds is 14. The number of imidazole rings is 1. The van der Waals surface area contributed by atoms with Gasteiger partial charge in [0.25, 0.3) is 17.4 Å². The molecule has 0 saturated carbocycles. The fourth-order valence-corrected chi connectivity index (χ4v) is 7.59. The van der Waals surface area contributed by atoms with E-state index in [1.807, 2.05) is 9.80 Å². The average molecular weight is 852 g/mol. The van der Waals surface area contributed by atoms with Crippen LogP contribution >= 0.6 is 19.4 Å². The molecule has 22 heteroatoms. The molecule has 59 heavy (non-hydrogen) atoms. The highest BCUT2D eigenvalue weighted by Gasteiger charge is 2.35. The van der Waals surface area contributed by atoms with Gasteiger partial charge in [-0.05, 0) is 57.0 Å². The third-order valence-corrected chi connectivity index (χ3v) is 10.3. The standard InChI is InChI=1S/C37H43ClN11O9P/c1-9-42-33-34-43-19-28(41-8)49(34)45-35(44-33)48(26-17-24(40-7)16-25(31(26)38)47-12-10-46(11-13-47)23(4)32(39)51)36(52)57-20-56-29(50)18-37(5,6)30-22(3)14-21(2)15-27(30)58-59(53,54)55/h14-17,19,23H,9-13,18,20H2,1-6H3,(H2,39,51)(H,42,44,45)(H2,53,54,55)/t23-/m0/s1. The van der Waals surface area contributed by atoms with Gasteiger partial charge in [0, 0.05) is 49.4 Å². The molecule has 0 spiro atoms. The van der Waals surface area contributed by atoms with Gasteiger partial charge in [-0.2, -0.15) is 4.98 Å². The zero-order chi connectivity index (χ0) is 43.4. The number of ether oxygens (including phenoxy) is 2. The smallest absolute Gasteiger partial charge is 0.428 e. The molecular weight excluding hydrogens is 809 g/mol. The zero-order valence-electron chi connectivity index (χ0n) is 33.1.